The van der Waals surface area contributed by atoms with Crippen LogP contribution >= 0.6 is 0 Å². The normalized spacial score (nSPS) is 18.0. The van der Waals surface area contributed by atoms with E-state index in [2.05, 4.69) is 12.1 Å². The molecule has 1 atom stereocenters. The Morgan fingerprint density at radius 2 is 1.95 bits per heavy atom. The first kappa shape index (κ1) is 15.0. The van der Waals surface area contributed by atoms with Gasteiger partial charge in [0.15, 0.2) is 0 Å². The number of carbonyl (C=O) groups excluding carboxylic acids is 1. The zero-order valence-electron chi connectivity index (χ0n) is 11.9. The van der Waals surface area contributed by atoms with Crippen molar-refractivity contribution >= 4 is 5.91 Å². The fraction of sp³-hybridized carbons (Fsp3) is 0.562. The lowest BCUT2D eigenvalue weighted by Crippen LogP contribution is -2.47. The van der Waals surface area contributed by atoms with Crippen LogP contribution in [-0.2, 0) is 11.2 Å². The van der Waals surface area contributed by atoms with Gasteiger partial charge in [-0.05, 0) is 37.2 Å². The van der Waals surface area contributed by atoms with Crippen LogP contribution in [0.2, 0.25) is 0 Å². The van der Waals surface area contributed by atoms with Crippen molar-refractivity contribution in [1.29, 1.82) is 0 Å². The summed E-state index contributed by atoms with van der Waals surface area (Å²) in [6.07, 6.45) is 3.28. The van der Waals surface area contributed by atoms with Crippen LogP contribution in [0.5, 0.6) is 0 Å². The highest BCUT2D eigenvalue weighted by atomic mass is 16.3. The Balaban J connectivity index is 1.77. The van der Waals surface area contributed by atoms with E-state index in [4.69, 9.17) is 10.8 Å². The second-order valence-corrected chi connectivity index (χ2v) is 5.58. The summed E-state index contributed by atoms with van der Waals surface area (Å²) in [6.45, 7) is 1.67. The summed E-state index contributed by atoms with van der Waals surface area (Å²) in [6, 6.07) is 9.69. The highest BCUT2D eigenvalue weighted by molar-refractivity contribution is 5.81. The van der Waals surface area contributed by atoms with Crippen LogP contribution in [0.25, 0.3) is 0 Å². The second kappa shape index (κ2) is 7.41. The average molecular weight is 276 g/mol. The van der Waals surface area contributed by atoms with Gasteiger partial charge in [0.05, 0.1) is 6.04 Å². The van der Waals surface area contributed by atoms with Gasteiger partial charge in [-0.1, -0.05) is 30.3 Å². The number of likely N-dealkylation sites (tertiary alicyclic amines) is 1. The Labute approximate surface area is 120 Å². The third kappa shape index (κ3) is 4.05. The molecule has 0 saturated carbocycles. The van der Waals surface area contributed by atoms with Gasteiger partial charge in [-0.25, -0.2) is 0 Å². The third-order valence-electron chi connectivity index (χ3n) is 4.09. The van der Waals surface area contributed by atoms with E-state index in [0.717, 1.165) is 32.4 Å². The van der Waals surface area contributed by atoms with Gasteiger partial charge in [-0.2, -0.15) is 0 Å². The van der Waals surface area contributed by atoms with Gasteiger partial charge in [-0.15, -0.1) is 0 Å². The summed E-state index contributed by atoms with van der Waals surface area (Å²) in [5.74, 6) is 0.400. The monoisotopic (exact) mass is 276 g/mol. The summed E-state index contributed by atoms with van der Waals surface area (Å²) >= 11 is 0. The van der Waals surface area contributed by atoms with Crippen LogP contribution in [0.1, 0.15) is 24.8 Å². The van der Waals surface area contributed by atoms with Crippen LogP contribution in [0.15, 0.2) is 30.3 Å². The number of carbonyl (C=O) groups is 1. The Hall–Kier alpha value is -1.39. The maximum Gasteiger partial charge on any atom is 0.239 e. The quantitative estimate of drug-likeness (QED) is 0.848. The van der Waals surface area contributed by atoms with Crippen LogP contribution in [0, 0.1) is 5.92 Å². The van der Waals surface area contributed by atoms with E-state index in [1.54, 1.807) is 0 Å². The number of nitrogens with zero attached hydrogens (tertiary/aromatic N) is 1. The van der Waals surface area contributed by atoms with Gasteiger partial charge in [-0.3, -0.25) is 4.79 Å². The van der Waals surface area contributed by atoms with Crippen molar-refractivity contribution in [1.82, 2.24) is 4.90 Å². The van der Waals surface area contributed by atoms with Gasteiger partial charge in [0.1, 0.15) is 0 Å². The number of hydrogen-bond acceptors (Lipinski definition) is 3. The van der Waals surface area contributed by atoms with Gasteiger partial charge < -0.3 is 15.7 Å². The smallest absolute Gasteiger partial charge is 0.239 e. The molecule has 20 heavy (non-hydrogen) atoms. The molecular formula is C16H24N2O2. The minimum atomic E-state index is -0.416. The Morgan fingerprint density at radius 1 is 1.30 bits per heavy atom. The highest BCUT2D eigenvalue weighted by Gasteiger charge is 2.25. The number of nitrogens with two attached hydrogens (primary N) is 1. The van der Waals surface area contributed by atoms with E-state index in [-0.39, 0.29) is 12.5 Å². The number of amides is 1. The molecule has 4 nitrogen and oxygen atoms in total. The van der Waals surface area contributed by atoms with Crippen molar-refractivity contribution in [2.45, 2.75) is 31.7 Å². The van der Waals surface area contributed by atoms with Crippen molar-refractivity contribution in [3.05, 3.63) is 35.9 Å². The molecule has 1 amide bonds. The van der Waals surface area contributed by atoms with E-state index in [0.29, 0.717) is 12.3 Å². The maximum absolute atomic E-state index is 12.3. The minimum absolute atomic E-state index is 0.0531. The zero-order chi connectivity index (χ0) is 14.4. The number of aryl methyl sites for hydroxylation is 1. The summed E-state index contributed by atoms with van der Waals surface area (Å²) < 4.78 is 0. The SMILES string of the molecule is NC(CCc1ccccc1)C(=O)N1CCC(CO)CC1. The summed E-state index contributed by atoms with van der Waals surface area (Å²) in [5.41, 5.74) is 7.24. The predicted molar refractivity (Wildman–Crippen MR) is 79.1 cm³/mol. The van der Waals surface area contributed by atoms with Crippen molar-refractivity contribution in [3.8, 4) is 0 Å². The fourth-order valence-electron chi connectivity index (χ4n) is 2.66. The molecule has 3 N–H and O–H groups in total. The van der Waals surface area contributed by atoms with Crippen LogP contribution in [0.3, 0.4) is 0 Å². The summed E-state index contributed by atoms with van der Waals surface area (Å²) in [4.78, 5) is 14.1. The molecule has 0 aliphatic carbocycles. The number of hydrogen-bond donors (Lipinski definition) is 2. The lowest BCUT2D eigenvalue weighted by atomic mass is 9.97. The number of aliphatic hydroxyl groups excluding tert-OH is 1. The molecule has 1 saturated heterocycles. The molecular weight excluding hydrogens is 252 g/mol. The van der Waals surface area contributed by atoms with Crippen LogP contribution < -0.4 is 5.73 Å². The summed E-state index contributed by atoms with van der Waals surface area (Å²) in [7, 11) is 0. The zero-order valence-corrected chi connectivity index (χ0v) is 11.9. The molecule has 0 radical (unpaired) electrons. The summed E-state index contributed by atoms with van der Waals surface area (Å²) in [5, 5.41) is 9.11. The van der Waals surface area contributed by atoms with Crippen molar-refractivity contribution in [3.63, 3.8) is 0 Å². The molecule has 1 aromatic carbocycles. The van der Waals surface area contributed by atoms with E-state index in [1.165, 1.54) is 5.56 Å². The molecule has 110 valence electrons. The first-order chi connectivity index (χ1) is 9.70. The Kier molecular flexibility index (Phi) is 5.56. The molecule has 0 spiro atoms. The molecule has 1 unspecified atom stereocenters. The second-order valence-electron chi connectivity index (χ2n) is 5.58. The molecule has 1 fully saturated rings. The molecule has 1 aliphatic heterocycles. The van der Waals surface area contributed by atoms with Crippen molar-refractivity contribution in [2.75, 3.05) is 19.7 Å². The lowest BCUT2D eigenvalue weighted by molar-refractivity contribution is -0.134. The molecule has 1 heterocycles. The lowest BCUT2D eigenvalue weighted by Gasteiger charge is -2.32. The number of rotatable bonds is 5. The van der Waals surface area contributed by atoms with Crippen molar-refractivity contribution < 1.29 is 9.90 Å². The largest absolute Gasteiger partial charge is 0.396 e. The predicted octanol–water partition coefficient (Wildman–Crippen LogP) is 1.18. The first-order valence-corrected chi connectivity index (χ1v) is 7.40. The molecule has 2 rings (SSSR count). The number of benzene rings is 1. The third-order valence-corrected chi connectivity index (χ3v) is 4.09. The molecule has 4 heteroatoms. The van der Waals surface area contributed by atoms with Crippen LogP contribution in [-0.4, -0.2) is 41.7 Å². The van der Waals surface area contributed by atoms with Gasteiger partial charge in [0.2, 0.25) is 5.91 Å². The highest BCUT2D eigenvalue weighted by Crippen LogP contribution is 2.17. The average Bonchev–Trinajstić information content (AvgIpc) is 2.53. The molecule has 0 bridgehead atoms. The number of aliphatic hydroxyl groups is 1. The van der Waals surface area contributed by atoms with Crippen molar-refractivity contribution in [2.24, 2.45) is 11.7 Å². The van der Waals surface area contributed by atoms with Gasteiger partial charge in [0, 0.05) is 19.7 Å². The molecule has 1 aliphatic rings. The first-order valence-electron chi connectivity index (χ1n) is 7.40. The molecule has 0 aromatic heterocycles. The Morgan fingerprint density at radius 3 is 2.55 bits per heavy atom. The van der Waals surface area contributed by atoms with E-state index >= 15 is 0 Å². The minimum Gasteiger partial charge on any atom is -0.396 e. The van der Waals surface area contributed by atoms with E-state index < -0.39 is 6.04 Å². The number of piperidine rings is 1. The molecule has 1 aromatic rings. The van der Waals surface area contributed by atoms with Gasteiger partial charge >= 0.3 is 0 Å². The Bertz CT molecular complexity index is 414. The maximum atomic E-state index is 12.3. The van der Waals surface area contributed by atoms with E-state index in [9.17, 15) is 4.79 Å². The van der Waals surface area contributed by atoms with Crippen LogP contribution in [0.4, 0.5) is 0 Å². The topological polar surface area (TPSA) is 66.6 Å². The van der Waals surface area contributed by atoms with Gasteiger partial charge in [0.25, 0.3) is 0 Å². The van der Waals surface area contributed by atoms with E-state index in [1.807, 2.05) is 23.1 Å². The fourth-order valence-corrected chi connectivity index (χ4v) is 2.66. The standard InChI is InChI=1S/C16H24N2O2/c17-15(7-6-13-4-2-1-3-5-13)16(20)18-10-8-14(12-19)9-11-18/h1-5,14-15,19H,6-12,17H2.